The van der Waals surface area contributed by atoms with Gasteiger partial charge in [0.15, 0.2) is 11.5 Å². The maximum Gasteiger partial charge on any atom is 0.162 e. The number of hydrogen-bond acceptors (Lipinski definition) is 4. The maximum atomic E-state index is 10.1. The Kier molecular flexibility index (Phi) is 6.12. The highest BCUT2D eigenvalue weighted by Crippen LogP contribution is 2.32. The van der Waals surface area contributed by atoms with Crippen molar-refractivity contribution in [1.29, 1.82) is 0 Å². The van der Waals surface area contributed by atoms with Crippen LogP contribution in [0, 0.1) is 0 Å². The number of phenols is 1. The average molecular weight is 266 g/mol. The van der Waals surface area contributed by atoms with Gasteiger partial charge in [0.25, 0.3) is 0 Å². The van der Waals surface area contributed by atoms with E-state index in [0.29, 0.717) is 12.3 Å². The van der Waals surface area contributed by atoms with Gasteiger partial charge >= 0.3 is 0 Å². The molecular formula is C15H26N2O2. The number of nitrogens with zero attached hydrogens (tertiary/aromatic N) is 2. The molecule has 0 amide bonds. The fourth-order valence-electron chi connectivity index (χ4n) is 2.09. The summed E-state index contributed by atoms with van der Waals surface area (Å²) in [6, 6.07) is 4.01. The molecule has 4 heteroatoms. The fourth-order valence-corrected chi connectivity index (χ4v) is 2.09. The molecule has 0 spiro atoms. The fraction of sp³-hybridized carbons (Fsp3) is 0.600. The van der Waals surface area contributed by atoms with Gasteiger partial charge in [-0.3, -0.25) is 0 Å². The monoisotopic (exact) mass is 266 g/mol. The third-order valence-corrected chi connectivity index (χ3v) is 2.99. The number of hydrogen-bond donors (Lipinski definition) is 1. The maximum absolute atomic E-state index is 10.1. The zero-order valence-corrected chi connectivity index (χ0v) is 12.7. The number of benzene rings is 1. The van der Waals surface area contributed by atoms with Crippen LogP contribution in [0.4, 0.5) is 0 Å². The lowest BCUT2D eigenvalue weighted by Gasteiger charge is -2.16. The smallest absolute Gasteiger partial charge is 0.162 e. The van der Waals surface area contributed by atoms with Crippen molar-refractivity contribution >= 4 is 0 Å². The molecule has 0 atom stereocenters. The molecule has 0 saturated carbocycles. The minimum absolute atomic E-state index is 0.257. The Hall–Kier alpha value is -1.26. The van der Waals surface area contributed by atoms with E-state index < -0.39 is 0 Å². The van der Waals surface area contributed by atoms with E-state index in [1.807, 2.05) is 25.1 Å². The lowest BCUT2D eigenvalue weighted by Crippen LogP contribution is -2.14. The van der Waals surface area contributed by atoms with E-state index in [0.717, 1.165) is 24.9 Å². The normalized spacial score (nSPS) is 11.3. The Labute approximate surface area is 116 Å². The van der Waals surface area contributed by atoms with E-state index in [9.17, 15) is 5.11 Å². The first-order valence-electron chi connectivity index (χ1n) is 6.62. The summed E-state index contributed by atoms with van der Waals surface area (Å²) in [6.07, 6.45) is 2.09. The van der Waals surface area contributed by atoms with Crippen molar-refractivity contribution in [2.45, 2.75) is 19.4 Å². The largest absolute Gasteiger partial charge is 0.504 e. The Morgan fingerprint density at radius 3 is 2.32 bits per heavy atom. The van der Waals surface area contributed by atoms with Gasteiger partial charge in [0.05, 0.1) is 7.11 Å². The predicted octanol–water partition coefficient (Wildman–Crippen LogP) is 1.96. The van der Waals surface area contributed by atoms with E-state index >= 15 is 0 Å². The minimum atomic E-state index is 0.257. The molecule has 0 heterocycles. The van der Waals surface area contributed by atoms with Crippen molar-refractivity contribution in [3.63, 3.8) is 0 Å². The van der Waals surface area contributed by atoms with Crippen LogP contribution in [0.25, 0.3) is 0 Å². The van der Waals surface area contributed by atoms with Crippen LogP contribution in [-0.4, -0.2) is 56.8 Å². The summed E-state index contributed by atoms with van der Waals surface area (Å²) in [7, 11) is 9.73. The number of ether oxygens (including phenoxy) is 1. The summed E-state index contributed by atoms with van der Waals surface area (Å²) in [6.45, 7) is 1.77. The molecule has 1 rings (SSSR count). The van der Waals surface area contributed by atoms with Crippen molar-refractivity contribution in [2.24, 2.45) is 0 Å². The summed E-state index contributed by atoms with van der Waals surface area (Å²) in [5.41, 5.74) is 2.14. The second kappa shape index (κ2) is 7.36. The van der Waals surface area contributed by atoms with Crippen LogP contribution in [0.2, 0.25) is 0 Å². The number of phenolic OH excluding ortho intramolecular Hbond substituents is 1. The Bertz CT molecular complexity index is 403. The summed E-state index contributed by atoms with van der Waals surface area (Å²) in [5, 5.41) is 10.1. The standard InChI is InChI=1S/C15H26N2O2/c1-16(2)8-6-7-12-9-13(11-17(3)4)15(18)14(10-12)19-5/h9-10,18H,6-8,11H2,1-5H3. The van der Waals surface area contributed by atoms with Crippen molar-refractivity contribution in [3.05, 3.63) is 23.3 Å². The molecule has 108 valence electrons. The van der Waals surface area contributed by atoms with E-state index in [1.165, 1.54) is 5.56 Å². The van der Waals surface area contributed by atoms with Gasteiger partial charge in [0, 0.05) is 12.1 Å². The summed E-state index contributed by atoms with van der Waals surface area (Å²) in [4.78, 5) is 4.22. The third kappa shape index (κ3) is 5.09. The SMILES string of the molecule is COc1cc(CCCN(C)C)cc(CN(C)C)c1O. The average Bonchev–Trinajstić information content (AvgIpc) is 2.31. The van der Waals surface area contributed by atoms with Crippen LogP contribution in [0.15, 0.2) is 12.1 Å². The van der Waals surface area contributed by atoms with Crippen molar-refractivity contribution in [3.8, 4) is 11.5 Å². The van der Waals surface area contributed by atoms with E-state index in [1.54, 1.807) is 7.11 Å². The number of aromatic hydroxyl groups is 1. The summed E-state index contributed by atoms with van der Waals surface area (Å²) < 4.78 is 5.26. The molecule has 1 N–H and O–H groups in total. The Morgan fingerprint density at radius 1 is 1.11 bits per heavy atom. The zero-order chi connectivity index (χ0) is 14.4. The van der Waals surface area contributed by atoms with Gasteiger partial charge in [-0.15, -0.1) is 0 Å². The Balaban J connectivity index is 2.86. The zero-order valence-electron chi connectivity index (χ0n) is 12.7. The summed E-state index contributed by atoms with van der Waals surface area (Å²) in [5.74, 6) is 0.826. The molecule has 0 aliphatic carbocycles. The molecule has 0 radical (unpaired) electrons. The molecule has 1 aromatic rings. The van der Waals surface area contributed by atoms with Crippen LogP contribution < -0.4 is 4.74 Å². The third-order valence-electron chi connectivity index (χ3n) is 2.99. The second-order valence-electron chi connectivity index (χ2n) is 5.45. The highest BCUT2D eigenvalue weighted by atomic mass is 16.5. The lowest BCUT2D eigenvalue weighted by atomic mass is 10.0. The molecule has 0 aromatic heterocycles. The molecular weight excluding hydrogens is 240 g/mol. The first-order chi connectivity index (χ1) is 8.93. The minimum Gasteiger partial charge on any atom is -0.504 e. The van der Waals surface area contributed by atoms with Crippen LogP contribution in [0.3, 0.4) is 0 Å². The van der Waals surface area contributed by atoms with Crippen molar-refractivity contribution < 1.29 is 9.84 Å². The predicted molar refractivity (Wildman–Crippen MR) is 78.9 cm³/mol. The summed E-state index contributed by atoms with van der Waals surface area (Å²) >= 11 is 0. The molecule has 0 fully saturated rings. The van der Waals surface area contributed by atoms with Crippen LogP contribution in [-0.2, 0) is 13.0 Å². The van der Waals surface area contributed by atoms with E-state index in [2.05, 4.69) is 25.1 Å². The lowest BCUT2D eigenvalue weighted by molar-refractivity contribution is 0.353. The molecule has 1 aromatic carbocycles. The Morgan fingerprint density at radius 2 is 1.79 bits per heavy atom. The van der Waals surface area contributed by atoms with Gasteiger partial charge in [0.1, 0.15) is 0 Å². The van der Waals surface area contributed by atoms with Crippen molar-refractivity contribution in [1.82, 2.24) is 9.80 Å². The van der Waals surface area contributed by atoms with Crippen LogP contribution in [0.5, 0.6) is 11.5 Å². The quantitative estimate of drug-likeness (QED) is 0.818. The highest BCUT2D eigenvalue weighted by molar-refractivity contribution is 5.48. The molecule has 4 nitrogen and oxygen atoms in total. The number of rotatable bonds is 7. The van der Waals surface area contributed by atoms with Gasteiger partial charge in [-0.2, -0.15) is 0 Å². The first kappa shape index (κ1) is 15.8. The number of methoxy groups -OCH3 is 1. The molecule has 0 saturated heterocycles. The molecule has 0 unspecified atom stereocenters. The van der Waals surface area contributed by atoms with Gasteiger partial charge in [-0.05, 0) is 59.2 Å². The molecule has 0 aliphatic heterocycles. The number of aryl methyl sites for hydroxylation is 1. The van der Waals surface area contributed by atoms with Crippen molar-refractivity contribution in [2.75, 3.05) is 41.8 Å². The van der Waals surface area contributed by atoms with Crippen LogP contribution >= 0.6 is 0 Å². The molecule has 0 aliphatic rings. The van der Waals surface area contributed by atoms with Gasteiger partial charge < -0.3 is 19.6 Å². The van der Waals surface area contributed by atoms with E-state index in [-0.39, 0.29) is 5.75 Å². The second-order valence-corrected chi connectivity index (χ2v) is 5.45. The van der Waals surface area contributed by atoms with Crippen LogP contribution in [0.1, 0.15) is 17.5 Å². The molecule has 0 bridgehead atoms. The topological polar surface area (TPSA) is 35.9 Å². The molecule has 19 heavy (non-hydrogen) atoms. The van der Waals surface area contributed by atoms with Gasteiger partial charge in [-0.25, -0.2) is 0 Å². The highest BCUT2D eigenvalue weighted by Gasteiger charge is 2.11. The van der Waals surface area contributed by atoms with Gasteiger partial charge in [-0.1, -0.05) is 6.07 Å². The van der Waals surface area contributed by atoms with Gasteiger partial charge in [0.2, 0.25) is 0 Å². The first-order valence-corrected chi connectivity index (χ1v) is 6.62. The van der Waals surface area contributed by atoms with E-state index in [4.69, 9.17) is 4.74 Å².